The van der Waals surface area contributed by atoms with Crippen LogP contribution >= 0.6 is 0 Å². The van der Waals surface area contributed by atoms with E-state index >= 15 is 0 Å². The van der Waals surface area contributed by atoms with Crippen LogP contribution in [-0.2, 0) is 12.3 Å². The summed E-state index contributed by atoms with van der Waals surface area (Å²) < 4.78 is 20.6. The topological polar surface area (TPSA) is 27.7 Å². The molecule has 0 radical (unpaired) electrons. The maximum Gasteiger partial charge on any atom is 0.470 e. The first-order valence-electron chi connectivity index (χ1n) is 10.5. The Hall–Kier alpha value is -0.292. The molecule has 1 fully saturated rings. The van der Waals surface area contributed by atoms with Gasteiger partial charge in [-0.15, -0.1) is 19.7 Å². The Morgan fingerprint density at radius 2 is 1.25 bits per heavy atom. The van der Waals surface area contributed by atoms with Crippen LogP contribution in [0.3, 0.4) is 0 Å². The fourth-order valence-electron chi connectivity index (χ4n) is 4.13. The number of fused-ring (bicyclic) bond motifs is 2. The van der Waals surface area contributed by atoms with Crippen molar-refractivity contribution < 1.29 is 12.3 Å². The fourth-order valence-corrected chi connectivity index (χ4v) is 18.3. The van der Waals surface area contributed by atoms with E-state index in [0.717, 1.165) is 30.2 Å². The van der Waals surface area contributed by atoms with E-state index in [1.807, 2.05) is 17.1 Å². The second-order valence-electron chi connectivity index (χ2n) is 9.99. The summed E-state index contributed by atoms with van der Waals surface area (Å²) in [5.41, 5.74) is 5.98. The molecule has 2 rings (SSSR count). The van der Waals surface area contributed by atoms with Crippen LogP contribution in [0.2, 0.25) is 45.3 Å². The van der Waals surface area contributed by atoms with Crippen LogP contribution in [0.25, 0.3) is 0 Å². The summed E-state index contributed by atoms with van der Waals surface area (Å²) in [5.74, 6) is 2.25. The van der Waals surface area contributed by atoms with E-state index in [4.69, 9.17) is 12.3 Å². The Balaban J connectivity index is 2.32. The molecule has 0 aromatic heterocycles. The van der Waals surface area contributed by atoms with Crippen LogP contribution in [0.5, 0.6) is 0 Å². The molecule has 0 heterocycles. The van der Waals surface area contributed by atoms with Crippen molar-refractivity contribution >= 4 is 33.8 Å². The van der Waals surface area contributed by atoms with E-state index in [0.29, 0.717) is 0 Å². The Morgan fingerprint density at radius 3 is 1.57 bits per heavy atom. The maximum atomic E-state index is 6.86. The molecule has 158 valence electrons. The minimum atomic E-state index is -2.91. The average molecular weight is 453 g/mol. The monoisotopic (exact) mass is 452 g/mol. The van der Waals surface area contributed by atoms with E-state index in [1.54, 1.807) is 0 Å². The highest BCUT2D eigenvalue weighted by Gasteiger charge is 2.52. The van der Waals surface area contributed by atoms with Gasteiger partial charge in [0.25, 0.3) is 0 Å². The largest absolute Gasteiger partial charge is 0.470 e. The van der Waals surface area contributed by atoms with Crippen molar-refractivity contribution in [3.63, 3.8) is 0 Å². The molecule has 28 heavy (non-hydrogen) atoms. The van der Waals surface area contributed by atoms with Gasteiger partial charge < -0.3 is 12.3 Å². The van der Waals surface area contributed by atoms with Crippen LogP contribution in [0.4, 0.5) is 0 Å². The number of allylic oxidation sites excluding steroid dienone is 2. The van der Waals surface area contributed by atoms with Gasteiger partial charge in [0.1, 0.15) is 0 Å². The zero-order chi connectivity index (χ0) is 21.2. The highest BCUT2D eigenvalue weighted by molar-refractivity contribution is 6.93. The number of rotatable bonds is 12. The van der Waals surface area contributed by atoms with Crippen LogP contribution in [0.1, 0.15) is 19.3 Å². The van der Waals surface area contributed by atoms with E-state index in [-0.39, 0.29) is 0 Å². The normalized spacial score (nSPS) is 25.1. The van der Waals surface area contributed by atoms with Crippen LogP contribution in [0, 0.1) is 17.8 Å². The van der Waals surface area contributed by atoms with Gasteiger partial charge in [-0.25, -0.2) is 0 Å². The molecule has 0 aromatic rings. The van der Waals surface area contributed by atoms with Crippen molar-refractivity contribution in [2.45, 2.75) is 64.6 Å². The van der Waals surface area contributed by atoms with Gasteiger partial charge in [-0.3, -0.25) is 0 Å². The van der Waals surface area contributed by atoms with Gasteiger partial charge in [-0.2, -0.15) is 0 Å². The summed E-state index contributed by atoms with van der Waals surface area (Å²) in [6.45, 7) is 25.2. The molecule has 0 saturated heterocycles. The predicted molar refractivity (Wildman–Crippen MR) is 130 cm³/mol. The first-order chi connectivity index (χ1) is 12.8. The zero-order valence-corrected chi connectivity index (χ0v) is 22.8. The summed E-state index contributed by atoms with van der Waals surface area (Å²) in [6, 6.07) is 0.882. The summed E-state index contributed by atoms with van der Waals surface area (Å²) in [5, 5.41) is 0. The minimum Gasteiger partial charge on any atom is -0.413 e. The van der Waals surface area contributed by atoms with Crippen molar-refractivity contribution in [3.8, 4) is 0 Å². The Morgan fingerprint density at radius 1 is 0.786 bits per heavy atom. The molecule has 3 unspecified atom stereocenters. The second kappa shape index (κ2) is 8.83. The lowest BCUT2D eigenvalue weighted by Crippen LogP contribution is -2.61. The van der Waals surface area contributed by atoms with Crippen molar-refractivity contribution in [1.29, 1.82) is 0 Å². The van der Waals surface area contributed by atoms with Gasteiger partial charge in [-0.05, 0) is 76.3 Å². The van der Waals surface area contributed by atoms with Crippen LogP contribution in [-0.4, -0.2) is 33.8 Å². The molecule has 0 aromatic carbocycles. The number of hydrogen-bond donors (Lipinski definition) is 0. The van der Waals surface area contributed by atoms with Gasteiger partial charge in [0, 0.05) is 6.04 Å². The molecule has 3 nitrogen and oxygen atoms in total. The third-order valence-electron chi connectivity index (χ3n) is 5.97. The van der Waals surface area contributed by atoms with Crippen molar-refractivity contribution in [3.05, 3.63) is 49.0 Å². The smallest absolute Gasteiger partial charge is 0.413 e. The molecule has 2 aliphatic carbocycles. The first kappa shape index (κ1) is 24.0. The maximum absolute atomic E-state index is 6.86. The van der Waals surface area contributed by atoms with E-state index < -0.39 is 33.8 Å². The molecule has 3 atom stereocenters. The highest BCUT2D eigenvalue weighted by atomic mass is 28.5. The summed E-state index contributed by atoms with van der Waals surface area (Å²) in [4.78, 5) is 0. The fraction of sp³-hybridized carbons (Fsp3) is 0.619. The van der Waals surface area contributed by atoms with Gasteiger partial charge in [-0.1, -0.05) is 29.2 Å². The second-order valence-corrected chi connectivity index (χ2v) is 25.2. The Bertz CT molecular complexity index is 572. The van der Waals surface area contributed by atoms with Gasteiger partial charge in [0.05, 0.1) is 0 Å². The van der Waals surface area contributed by atoms with E-state index in [9.17, 15) is 0 Å². The van der Waals surface area contributed by atoms with E-state index in [2.05, 4.69) is 71.2 Å². The SMILES string of the molecule is C=C[Si](C)(C)O[Si](CCC1CC2C=CC1C2)(O[Si](C)(C)C=C)O[Si](C)(C)C=C. The lowest BCUT2D eigenvalue weighted by atomic mass is 9.91. The van der Waals surface area contributed by atoms with Gasteiger partial charge in [0.2, 0.25) is 25.0 Å². The van der Waals surface area contributed by atoms with Crippen LogP contribution < -0.4 is 0 Å². The van der Waals surface area contributed by atoms with Crippen molar-refractivity contribution in [1.82, 2.24) is 0 Å². The van der Waals surface area contributed by atoms with Gasteiger partial charge >= 0.3 is 8.80 Å². The zero-order valence-electron chi connectivity index (χ0n) is 18.8. The summed E-state index contributed by atoms with van der Waals surface area (Å²) >= 11 is 0. The molecular formula is C21H40O3Si4. The summed E-state index contributed by atoms with van der Waals surface area (Å²) in [6.07, 6.45) is 8.58. The van der Waals surface area contributed by atoms with Crippen molar-refractivity contribution in [2.24, 2.45) is 17.8 Å². The molecular weight excluding hydrogens is 413 g/mol. The number of hydrogen-bond acceptors (Lipinski definition) is 3. The molecule has 0 spiro atoms. The quantitative estimate of drug-likeness (QED) is 0.254. The lowest BCUT2D eigenvalue weighted by Gasteiger charge is -2.43. The minimum absolute atomic E-state index is 0.730. The van der Waals surface area contributed by atoms with Gasteiger partial charge in [0.15, 0.2) is 0 Å². The molecule has 2 aliphatic rings. The lowest BCUT2D eigenvalue weighted by molar-refractivity contribution is 0.247. The third-order valence-corrected chi connectivity index (χ3v) is 19.9. The molecule has 0 aliphatic heterocycles. The molecule has 2 bridgehead atoms. The highest BCUT2D eigenvalue weighted by Crippen LogP contribution is 2.46. The third kappa shape index (κ3) is 6.35. The summed E-state index contributed by atoms with van der Waals surface area (Å²) in [7, 11) is -9.19. The molecule has 1 saturated carbocycles. The average Bonchev–Trinajstić information content (AvgIpc) is 3.22. The predicted octanol–water partition coefficient (Wildman–Crippen LogP) is 6.37. The Kier molecular flexibility index (Phi) is 7.56. The van der Waals surface area contributed by atoms with E-state index in [1.165, 1.54) is 12.8 Å². The Labute approximate surface area is 177 Å². The first-order valence-corrected chi connectivity index (χ1v) is 21.4. The standard InChI is InChI=1S/C21H40O3Si4/c1-10-25(4,5)22-28(23-26(6,7)11-2,24-27(8,9)12-3)16-15-21-18-19-13-14-20(21)17-19/h10-14,19-21H,1-3,15-18H2,4-9H3. The molecule has 0 amide bonds. The molecule has 7 heteroatoms. The molecule has 0 N–H and O–H groups in total. The van der Waals surface area contributed by atoms with Crippen molar-refractivity contribution in [2.75, 3.05) is 0 Å². The van der Waals surface area contributed by atoms with Crippen LogP contribution in [0.15, 0.2) is 49.0 Å².